The number of fused-ring (bicyclic) bond motifs is 1. The fraction of sp³-hybridized carbons (Fsp3) is 0.500. The molecule has 3 atom stereocenters. The lowest BCUT2D eigenvalue weighted by Crippen LogP contribution is -2.40. The molecular weight excluding hydrogens is 268 g/mol. The Kier molecular flexibility index (Phi) is 3.68. The molecule has 1 aromatic rings. The number of benzene rings is 1. The highest BCUT2D eigenvalue weighted by Crippen LogP contribution is 2.39. The highest BCUT2D eigenvalue weighted by Gasteiger charge is 2.39. The highest BCUT2D eigenvalue weighted by molar-refractivity contribution is 5.98. The zero-order valence-corrected chi connectivity index (χ0v) is 12.1. The maximum absolute atomic E-state index is 12.8. The van der Waals surface area contributed by atoms with E-state index in [-0.39, 0.29) is 30.2 Å². The Morgan fingerprint density at radius 1 is 1.38 bits per heavy atom. The molecule has 0 saturated carbocycles. The fourth-order valence-electron chi connectivity index (χ4n) is 3.49. The molecule has 21 heavy (non-hydrogen) atoms. The Morgan fingerprint density at radius 2 is 2.14 bits per heavy atom. The number of nitrogens with one attached hydrogen (secondary N) is 1. The molecule has 0 aromatic heterocycles. The molecule has 1 saturated heterocycles. The van der Waals surface area contributed by atoms with E-state index in [2.05, 4.69) is 5.32 Å². The van der Waals surface area contributed by atoms with Gasteiger partial charge in [0, 0.05) is 24.2 Å². The van der Waals surface area contributed by atoms with Crippen LogP contribution < -0.4 is 10.2 Å². The van der Waals surface area contributed by atoms with E-state index < -0.39 is 5.97 Å². The molecule has 3 rings (SSSR count). The summed E-state index contributed by atoms with van der Waals surface area (Å²) in [7, 11) is 0. The zero-order valence-electron chi connectivity index (χ0n) is 12.1. The molecule has 2 N–H and O–H groups in total. The van der Waals surface area contributed by atoms with Gasteiger partial charge in [-0.1, -0.05) is 18.2 Å². The number of hydrogen-bond donors (Lipinski definition) is 2. The van der Waals surface area contributed by atoms with Crippen LogP contribution in [0.5, 0.6) is 0 Å². The van der Waals surface area contributed by atoms with Crippen molar-refractivity contribution in [2.75, 3.05) is 18.0 Å². The lowest BCUT2D eigenvalue weighted by Gasteiger charge is -2.23. The fourth-order valence-corrected chi connectivity index (χ4v) is 3.49. The number of carbonyl (C=O) groups excluding carboxylic acids is 1. The number of hydrogen-bond acceptors (Lipinski definition) is 3. The number of amides is 1. The minimum atomic E-state index is -0.819. The summed E-state index contributed by atoms with van der Waals surface area (Å²) in [4.78, 5) is 25.6. The van der Waals surface area contributed by atoms with Gasteiger partial charge in [0.25, 0.3) is 0 Å². The van der Waals surface area contributed by atoms with Gasteiger partial charge >= 0.3 is 5.97 Å². The maximum Gasteiger partial charge on any atom is 0.304 e. The molecule has 1 aromatic carbocycles. The third-order valence-corrected chi connectivity index (χ3v) is 4.60. The van der Waals surface area contributed by atoms with E-state index in [1.165, 1.54) is 0 Å². The second kappa shape index (κ2) is 5.48. The van der Waals surface area contributed by atoms with E-state index in [9.17, 15) is 9.59 Å². The normalized spacial score (nSPS) is 27.7. The van der Waals surface area contributed by atoms with Crippen molar-refractivity contribution in [3.8, 4) is 0 Å². The molecule has 0 spiro atoms. The number of carboxylic acid groups (broad SMARTS) is 1. The summed E-state index contributed by atoms with van der Waals surface area (Å²) in [5.74, 6) is -0.818. The number of nitrogens with zero attached hydrogens (tertiary/aromatic N) is 1. The van der Waals surface area contributed by atoms with Crippen molar-refractivity contribution in [1.29, 1.82) is 0 Å². The van der Waals surface area contributed by atoms with Crippen molar-refractivity contribution in [1.82, 2.24) is 5.32 Å². The molecule has 2 aliphatic heterocycles. The Balaban J connectivity index is 1.87. The van der Waals surface area contributed by atoms with Crippen LogP contribution in [0, 0.1) is 5.92 Å². The van der Waals surface area contributed by atoms with Crippen LogP contribution in [0.3, 0.4) is 0 Å². The van der Waals surface area contributed by atoms with Gasteiger partial charge in [-0.2, -0.15) is 0 Å². The largest absolute Gasteiger partial charge is 0.481 e. The lowest BCUT2D eigenvalue weighted by molar-refractivity contribution is -0.137. The standard InChI is InChI=1S/C16H20N2O3/c1-10-12(6-7-17-10)16(21)18-9-11(8-15(19)20)13-4-2-3-5-14(13)18/h2-5,10-12,17H,6-9H2,1H3,(H,19,20). The molecular formula is C16H20N2O3. The van der Waals surface area contributed by atoms with Crippen molar-refractivity contribution in [3.63, 3.8) is 0 Å². The van der Waals surface area contributed by atoms with Crippen molar-refractivity contribution in [2.45, 2.75) is 31.7 Å². The number of carboxylic acids is 1. The predicted molar refractivity (Wildman–Crippen MR) is 79.4 cm³/mol. The third-order valence-electron chi connectivity index (χ3n) is 4.60. The highest BCUT2D eigenvalue weighted by atomic mass is 16.4. The van der Waals surface area contributed by atoms with Crippen LogP contribution in [0.25, 0.3) is 0 Å². The first-order valence-electron chi connectivity index (χ1n) is 7.43. The van der Waals surface area contributed by atoms with Crippen LogP contribution in [0.2, 0.25) is 0 Å². The summed E-state index contributed by atoms with van der Waals surface area (Å²) in [6, 6.07) is 7.84. The van der Waals surface area contributed by atoms with Crippen molar-refractivity contribution in [3.05, 3.63) is 29.8 Å². The van der Waals surface area contributed by atoms with E-state index in [0.29, 0.717) is 6.54 Å². The molecule has 0 aliphatic carbocycles. The van der Waals surface area contributed by atoms with Gasteiger partial charge in [0.1, 0.15) is 0 Å². The van der Waals surface area contributed by atoms with Gasteiger partial charge in [-0.15, -0.1) is 0 Å². The Bertz CT molecular complexity index is 572. The van der Waals surface area contributed by atoms with Crippen molar-refractivity contribution >= 4 is 17.6 Å². The average molecular weight is 288 g/mol. The Morgan fingerprint density at radius 3 is 2.81 bits per heavy atom. The minimum absolute atomic E-state index is 0.0124. The molecule has 112 valence electrons. The monoisotopic (exact) mass is 288 g/mol. The molecule has 3 unspecified atom stereocenters. The molecule has 2 aliphatic rings. The number of para-hydroxylation sites is 1. The molecule has 2 heterocycles. The zero-order chi connectivity index (χ0) is 15.0. The van der Waals surface area contributed by atoms with Gasteiger partial charge in [0.15, 0.2) is 0 Å². The summed E-state index contributed by atoms with van der Waals surface area (Å²) in [5, 5.41) is 12.4. The SMILES string of the molecule is CC1NCCC1C(=O)N1CC(CC(=O)O)c2ccccc21. The average Bonchev–Trinajstić information content (AvgIpc) is 3.02. The number of carbonyl (C=O) groups is 2. The number of aliphatic carboxylic acids is 1. The molecule has 0 bridgehead atoms. The number of anilines is 1. The summed E-state index contributed by atoms with van der Waals surface area (Å²) in [5.41, 5.74) is 1.86. The van der Waals surface area contributed by atoms with Gasteiger partial charge in [0.05, 0.1) is 12.3 Å². The first-order chi connectivity index (χ1) is 10.1. The van der Waals surface area contributed by atoms with Crippen LogP contribution in [0.4, 0.5) is 5.69 Å². The lowest BCUT2D eigenvalue weighted by atomic mass is 9.98. The van der Waals surface area contributed by atoms with Crippen LogP contribution in [0.1, 0.15) is 31.2 Å². The van der Waals surface area contributed by atoms with Gasteiger partial charge < -0.3 is 15.3 Å². The maximum atomic E-state index is 12.8. The van der Waals surface area contributed by atoms with E-state index in [1.54, 1.807) is 4.90 Å². The van der Waals surface area contributed by atoms with Gasteiger partial charge in [-0.3, -0.25) is 9.59 Å². The summed E-state index contributed by atoms with van der Waals surface area (Å²) in [6.07, 6.45) is 0.918. The predicted octanol–water partition coefficient (Wildman–Crippen LogP) is 1.59. The molecule has 5 nitrogen and oxygen atoms in total. The minimum Gasteiger partial charge on any atom is -0.481 e. The van der Waals surface area contributed by atoms with E-state index >= 15 is 0 Å². The summed E-state index contributed by atoms with van der Waals surface area (Å²) in [6.45, 7) is 3.38. The van der Waals surface area contributed by atoms with Gasteiger partial charge in [0.2, 0.25) is 5.91 Å². The molecule has 5 heteroatoms. The third kappa shape index (κ3) is 2.53. The van der Waals surface area contributed by atoms with Crippen LogP contribution in [-0.4, -0.2) is 36.1 Å². The van der Waals surface area contributed by atoms with Crippen LogP contribution in [0.15, 0.2) is 24.3 Å². The Hall–Kier alpha value is -1.88. The quantitative estimate of drug-likeness (QED) is 0.886. The van der Waals surface area contributed by atoms with Gasteiger partial charge in [-0.05, 0) is 31.5 Å². The smallest absolute Gasteiger partial charge is 0.304 e. The van der Waals surface area contributed by atoms with Crippen molar-refractivity contribution < 1.29 is 14.7 Å². The first-order valence-corrected chi connectivity index (χ1v) is 7.43. The van der Waals surface area contributed by atoms with Gasteiger partial charge in [-0.25, -0.2) is 0 Å². The second-order valence-electron chi connectivity index (χ2n) is 5.94. The van der Waals surface area contributed by atoms with Crippen molar-refractivity contribution in [2.24, 2.45) is 5.92 Å². The number of rotatable bonds is 3. The first kappa shape index (κ1) is 14.1. The van der Waals surface area contributed by atoms with E-state index in [1.807, 2.05) is 31.2 Å². The van der Waals surface area contributed by atoms with Crippen LogP contribution in [-0.2, 0) is 9.59 Å². The van der Waals surface area contributed by atoms with E-state index in [0.717, 1.165) is 24.2 Å². The summed E-state index contributed by atoms with van der Waals surface area (Å²) >= 11 is 0. The van der Waals surface area contributed by atoms with E-state index in [4.69, 9.17) is 5.11 Å². The topological polar surface area (TPSA) is 69.6 Å². The molecule has 0 radical (unpaired) electrons. The Labute approximate surface area is 123 Å². The second-order valence-corrected chi connectivity index (χ2v) is 5.94. The summed E-state index contributed by atoms with van der Waals surface area (Å²) < 4.78 is 0. The molecule has 1 amide bonds. The van der Waals surface area contributed by atoms with Crippen LogP contribution >= 0.6 is 0 Å². The molecule has 1 fully saturated rings.